The standard InChI is InChI=1S/C21H39N/c1-17(2)21-15-6-4-5-9-18-10-7-13-20(3,22-21)14-8-11-19(18)12-16-21/h17-19,22H,4-16H2,1-3H3. The molecule has 0 aromatic heterocycles. The Kier molecular flexibility index (Phi) is 5.22. The van der Waals surface area contributed by atoms with E-state index in [2.05, 4.69) is 26.1 Å². The highest BCUT2D eigenvalue weighted by molar-refractivity contribution is 5.01. The first-order chi connectivity index (χ1) is 10.5. The van der Waals surface area contributed by atoms with E-state index in [-0.39, 0.29) is 0 Å². The van der Waals surface area contributed by atoms with Gasteiger partial charge in [-0.25, -0.2) is 0 Å². The van der Waals surface area contributed by atoms with E-state index in [1.54, 1.807) is 0 Å². The Hall–Kier alpha value is -0.0400. The van der Waals surface area contributed by atoms with Crippen LogP contribution < -0.4 is 5.32 Å². The van der Waals surface area contributed by atoms with Gasteiger partial charge in [-0.05, 0) is 56.8 Å². The van der Waals surface area contributed by atoms with Gasteiger partial charge < -0.3 is 5.32 Å². The summed E-state index contributed by atoms with van der Waals surface area (Å²) in [5.41, 5.74) is 0.809. The van der Waals surface area contributed by atoms with Gasteiger partial charge in [0.2, 0.25) is 0 Å². The summed E-state index contributed by atoms with van der Waals surface area (Å²) in [6, 6.07) is 0. The van der Waals surface area contributed by atoms with Crippen molar-refractivity contribution >= 4 is 0 Å². The Bertz CT molecular complexity index is 363. The molecule has 0 radical (unpaired) electrons. The maximum atomic E-state index is 4.31. The van der Waals surface area contributed by atoms with Crippen LogP contribution in [0.5, 0.6) is 0 Å². The third kappa shape index (κ3) is 3.55. The maximum absolute atomic E-state index is 4.31. The molecule has 1 heterocycles. The zero-order valence-electron chi connectivity index (χ0n) is 15.4. The number of fused-ring (bicyclic) bond motifs is 5. The molecule has 3 rings (SSSR count). The SMILES string of the molecule is CC(C)C12CCCCCC3CCCC(C)(CCCC3CC1)N2. The lowest BCUT2D eigenvalue weighted by Gasteiger charge is -2.48. The van der Waals surface area contributed by atoms with Crippen LogP contribution in [0.2, 0.25) is 0 Å². The summed E-state index contributed by atoms with van der Waals surface area (Å²) in [4.78, 5) is 0. The number of hydrogen-bond donors (Lipinski definition) is 1. The first-order valence-corrected chi connectivity index (χ1v) is 10.3. The largest absolute Gasteiger partial charge is 0.306 e. The van der Waals surface area contributed by atoms with Crippen LogP contribution >= 0.6 is 0 Å². The molecule has 0 spiro atoms. The fourth-order valence-corrected chi connectivity index (χ4v) is 6.03. The highest BCUT2D eigenvalue weighted by atomic mass is 15.1. The minimum Gasteiger partial charge on any atom is -0.306 e. The van der Waals surface area contributed by atoms with E-state index in [9.17, 15) is 0 Å². The lowest BCUT2D eigenvalue weighted by Crippen LogP contribution is -2.59. The van der Waals surface area contributed by atoms with Crippen LogP contribution in [0.3, 0.4) is 0 Å². The molecule has 3 fully saturated rings. The second-order valence-corrected chi connectivity index (χ2v) is 9.44. The highest BCUT2D eigenvalue weighted by Crippen LogP contribution is 2.44. The van der Waals surface area contributed by atoms with Crippen molar-refractivity contribution in [3.8, 4) is 0 Å². The van der Waals surface area contributed by atoms with Crippen molar-refractivity contribution in [2.24, 2.45) is 17.8 Å². The Labute approximate surface area is 139 Å². The van der Waals surface area contributed by atoms with Crippen LogP contribution in [-0.2, 0) is 0 Å². The van der Waals surface area contributed by atoms with Crippen molar-refractivity contribution in [3.05, 3.63) is 0 Å². The van der Waals surface area contributed by atoms with E-state index in [4.69, 9.17) is 0 Å². The van der Waals surface area contributed by atoms with E-state index >= 15 is 0 Å². The van der Waals surface area contributed by atoms with Crippen LogP contribution in [0.25, 0.3) is 0 Å². The van der Waals surface area contributed by atoms with Gasteiger partial charge in [0.15, 0.2) is 0 Å². The third-order valence-corrected chi connectivity index (χ3v) is 7.59. The molecule has 2 aliphatic carbocycles. The van der Waals surface area contributed by atoms with Gasteiger partial charge in [0.05, 0.1) is 0 Å². The van der Waals surface area contributed by atoms with Crippen molar-refractivity contribution in [2.45, 2.75) is 115 Å². The molecular formula is C21H39N. The fourth-order valence-electron chi connectivity index (χ4n) is 6.03. The van der Waals surface area contributed by atoms with E-state index in [0.717, 1.165) is 17.8 Å². The Balaban J connectivity index is 1.97. The minimum absolute atomic E-state index is 0.396. The van der Waals surface area contributed by atoms with Gasteiger partial charge in [0.1, 0.15) is 0 Å². The van der Waals surface area contributed by atoms with Crippen LogP contribution in [0, 0.1) is 17.8 Å². The van der Waals surface area contributed by atoms with E-state index in [1.165, 1.54) is 83.5 Å². The van der Waals surface area contributed by atoms with Gasteiger partial charge in [-0.2, -0.15) is 0 Å². The molecule has 1 saturated heterocycles. The van der Waals surface area contributed by atoms with Gasteiger partial charge in [-0.3, -0.25) is 0 Å². The second-order valence-electron chi connectivity index (χ2n) is 9.44. The molecule has 4 unspecified atom stereocenters. The Morgan fingerprint density at radius 2 is 1.36 bits per heavy atom. The number of rotatable bonds is 1. The first kappa shape index (κ1) is 16.8. The van der Waals surface area contributed by atoms with Gasteiger partial charge in [0.25, 0.3) is 0 Å². The van der Waals surface area contributed by atoms with E-state index in [0.29, 0.717) is 11.1 Å². The lowest BCUT2D eigenvalue weighted by molar-refractivity contribution is 0.102. The summed E-state index contributed by atoms with van der Waals surface area (Å²) in [5.74, 6) is 2.84. The molecule has 3 aliphatic rings. The summed E-state index contributed by atoms with van der Waals surface area (Å²) in [7, 11) is 0. The number of hydrogen-bond acceptors (Lipinski definition) is 1. The predicted octanol–water partition coefficient (Wildman–Crippen LogP) is 6.07. The summed E-state index contributed by atoms with van der Waals surface area (Å²) in [6.45, 7) is 7.52. The van der Waals surface area contributed by atoms with Gasteiger partial charge in [-0.15, -0.1) is 0 Å². The van der Waals surface area contributed by atoms with Crippen LogP contribution in [0.1, 0.15) is 104 Å². The van der Waals surface area contributed by atoms with Crippen molar-refractivity contribution in [1.82, 2.24) is 5.32 Å². The molecule has 1 heteroatoms. The molecule has 3 bridgehead atoms. The molecule has 1 aliphatic heterocycles. The molecule has 0 amide bonds. The smallest absolute Gasteiger partial charge is 0.0209 e. The summed E-state index contributed by atoms with van der Waals surface area (Å²) < 4.78 is 0. The van der Waals surface area contributed by atoms with Crippen LogP contribution in [0.4, 0.5) is 0 Å². The molecule has 128 valence electrons. The summed E-state index contributed by atoms with van der Waals surface area (Å²) in [5, 5.41) is 4.31. The molecule has 2 saturated carbocycles. The molecule has 4 atom stereocenters. The Morgan fingerprint density at radius 1 is 0.727 bits per heavy atom. The average Bonchev–Trinajstić information content (AvgIpc) is 2.59. The quantitative estimate of drug-likeness (QED) is 0.619. The Morgan fingerprint density at radius 3 is 2.05 bits per heavy atom. The van der Waals surface area contributed by atoms with Gasteiger partial charge >= 0.3 is 0 Å². The normalized spacial score (nSPS) is 44.2. The van der Waals surface area contributed by atoms with Gasteiger partial charge in [-0.1, -0.05) is 65.2 Å². The monoisotopic (exact) mass is 305 g/mol. The summed E-state index contributed by atoms with van der Waals surface area (Å²) in [6.07, 6.45) is 19.0. The van der Waals surface area contributed by atoms with Gasteiger partial charge in [0, 0.05) is 11.1 Å². The van der Waals surface area contributed by atoms with Crippen molar-refractivity contribution < 1.29 is 0 Å². The molecule has 0 aromatic rings. The maximum Gasteiger partial charge on any atom is 0.0209 e. The molecular weight excluding hydrogens is 266 g/mol. The van der Waals surface area contributed by atoms with Crippen LogP contribution in [0.15, 0.2) is 0 Å². The van der Waals surface area contributed by atoms with E-state index < -0.39 is 0 Å². The van der Waals surface area contributed by atoms with E-state index in [1.807, 2.05) is 0 Å². The minimum atomic E-state index is 0.396. The zero-order chi connectivity index (χ0) is 15.6. The average molecular weight is 306 g/mol. The highest BCUT2D eigenvalue weighted by Gasteiger charge is 2.42. The van der Waals surface area contributed by atoms with Crippen LogP contribution in [-0.4, -0.2) is 11.1 Å². The first-order valence-electron chi connectivity index (χ1n) is 10.3. The summed E-state index contributed by atoms with van der Waals surface area (Å²) >= 11 is 0. The topological polar surface area (TPSA) is 12.0 Å². The molecule has 1 nitrogen and oxygen atoms in total. The molecule has 1 N–H and O–H groups in total. The predicted molar refractivity (Wildman–Crippen MR) is 96.1 cm³/mol. The second kappa shape index (κ2) is 6.83. The lowest BCUT2D eigenvalue weighted by atomic mass is 9.70. The molecule has 0 aromatic carbocycles. The molecule has 22 heavy (non-hydrogen) atoms. The zero-order valence-corrected chi connectivity index (χ0v) is 15.4. The van der Waals surface area contributed by atoms with Crippen molar-refractivity contribution in [1.29, 1.82) is 0 Å². The number of nitrogens with one attached hydrogen (secondary N) is 1. The third-order valence-electron chi connectivity index (χ3n) is 7.59. The fraction of sp³-hybridized carbons (Fsp3) is 1.00. The van der Waals surface area contributed by atoms with Crippen molar-refractivity contribution in [3.63, 3.8) is 0 Å². The van der Waals surface area contributed by atoms with Crippen molar-refractivity contribution in [2.75, 3.05) is 0 Å².